The first-order valence-electron chi connectivity index (χ1n) is 7.44. The number of hydrogen-bond donors (Lipinski definition) is 1. The fourth-order valence-corrected chi connectivity index (χ4v) is 3.09. The molecule has 0 saturated carbocycles. The first-order chi connectivity index (χ1) is 9.94. The summed E-state index contributed by atoms with van der Waals surface area (Å²) in [6.07, 6.45) is 9.41. The molecule has 1 aliphatic carbocycles. The summed E-state index contributed by atoms with van der Waals surface area (Å²) in [5.74, 6) is 0.227. The molecule has 108 valence electrons. The van der Waals surface area contributed by atoms with Crippen molar-refractivity contribution < 1.29 is 4.79 Å². The highest BCUT2D eigenvalue weighted by Crippen LogP contribution is 2.34. The first-order valence-corrected chi connectivity index (χ1v) is 7.44. The van der Waals surface area contributed by atoms with Crippen molar-refractivity contribution in [3.05, 3.63) is 59.2 Å². The second-order valence-corrected chi connectivity index (χ2v) is 6.48. The maximum absolute atomic E-state index is 12.2. The lowest BCUT2D eigenvalue weighted by molar-refractivity contribution is -0.115. The Balaban J connectivity index is 1.84. The minimum atomic E-state index is -0.0191. The molecule has 2 heteroatoms. The van der Waals surface area contributed by atoms with Crippen LogP contribution in [0.1, 0.15) is 38.3 Å². The molecule has 1 N–H and O–H groups in total. The van der Waals surface area contributed by atoms with Crippen LogP contribution in [0.5, 0.6) is 0 Å². The van der Waals surface area contributed by atoms with Crippen LogP contribution in [-0.2, 0) is 11.2 Å². The van der Waals surface area contributed by atoms with Gasteiger partial charge in [0.25, 0.3) is 0 Å². The lowest BCUT2D eigenvalue weighted by Crippen LogP contribution is -2.31. The molecular formula is C19H21NO. The Morgan fingerprint density at radius 2 is 2.14 bits per heavy atom. The van der Waals surface area contributed by atoms with Gasteiger partial charge in [-0.3, -0.25) is 4.79 Å². The predicted octanol–water partition coefficient (Wildman–Crippen LogP) is 4.29. The zero-order chi connectivity index (χ0) is 15.0. The molecule has 2 aliphatic rings. The summed E-state index contributed by atoms with van der Waals surface area (Å²) in [5, 5.41) is 3.52. The molecule has 0 aromatic heterocycles. The second-order valence-electron chi connectivity index (χ2n) is 6.48. The predicted molar refractivity (Wildman–Crippen MR) is 88.3 cm³/mol. The number of rotatable bonds is 3. The normalized spacial score (nSPS) is 18.6. The van der Waals surface area contributed by atoms with E-state index in [2.05, 4.69) is 50.4 Å². The van der Waals surface area contributed by atoms with Crippen molar-refractivity contribution in [3.8, 4) is 0 Å². The molecule has 0 spiro atoms. The number of allylic oxidation sites excluding steroid dienone is 5. The highest BCUT2D eigenvalue weighted by molar-refractivity contribution is 5.98. The smallest absolute Gasteiger partial charge is 0.163 e. The third-order valence-electron chi connectivity index (χ3n) is 4.04. The Morgan fingerprint density at radius 3 is 2.86 bits per heavy atom. The van der Waals surface area contributed by atoms with Gasteiger partial charge in [-0.1, -0.05) is 30.4 Å². The van der Waals surface area contributed by atoms with E-state index in [1.54, 1.807) is 0 Å². The van der Waals surface area contributed by atoms with Crippen molar-refractivity contribution in [1.29, 1.82) is 0 Å². The highest BCUT2D eigenvalue weighted by atomic mass is 16.1. The summed E-state index contributed by atoms with van der Waals surface area (Å²) in [6, 6.07) is 6.29. The van der Waals surface area contributed by atoms with Gasteiger partial charge >= 0.3 is 0 Å². The molecule has 1 aromatic rings. The molecule has 0 atom stereocenters. The lowest BCUT2D eigenvalue weighted by atomic mass is 9.89. The molecule has 1 heterocycles. The summed E-state index contributed by atoms with van der Waals surface area (Å²) < 4.78 is 0. The fraction of sp³-hybridized carbons (Fsp3) is 0.316. The average molecular weight is 279 g/mol. The van der Waals surface area contributed by atoms with E-state index < -0.39 is 0 Å². The van der Waals surface area contributed by atoms with E-state index in [0.29, 0.717) is 6.42 Å². The van der Waals surface area contributed by atoms with Gasteiger partial charge in [-0.15, -0.1) is 0 Å². The van der Waals surface area contributed by atoms with Gasteiger partial charge in [0, 0.05) is 17.7 Å². The molecule has 21 heavy (non-hydrogen) atoms. The molecule has 0 bridgehead atoms. The SMILES string of the molecule is CC1=CC(C)(C)Nc2ccc(CC(=O)C3=CC=CC3)cc21. The van der Waals surface area contributed by atoms with Crippen molar-refractivity contribution in [3.63, 3.8) is 0 Å². The third kappa shape index (κ3) is 2.85. The number of Topliss-reactive ketones (excluding diaryl/α,β-unsaturated/α-hetero) is 1. The quantitative estimate of drug-likeness (QED) is 0.894. The summed E-state index contributed by atoms with van der Waals surface area (Å²) >= 11 is 0. The number of hydrogen-bond acceptors (Lipinski definition) is 2. The maximum atomic E-state index is 12.2. The number of carbonyl (C=O) groups is 1. The molecule has 1 aromatic carbocycles. The lowest BCUT2D eigenvalue weighted by Gasteiger charge is -2.31. The minimum absolute atomic E-state index is 0.0191. The van der Waals surface area contributed by atoms with Crippen LogP contribution in [0.15, 0.2) is 48.1 Å². The topological polar surface area (TPSA) is 29.1 Å². The second kappa shape index (κ2) is 5.03. The summed E-state index contributed by atoms with van der Waals surface area (Å²) in [5.41, 5.74) is 5.61. The van der Waals surface area contributed by atoms with Crippen LogP contribution in [0.25, 0.3) is 5.57 Å². The van der Waals surface area contributed by atoms with Gasteiger partial charge < -0.3 is 5.32 Å². The van der Waals surface area contributed by atoms with Gasteiger partial charge in [0.2, 0.25) is 0 Å². The van der Waals surface area contributed by atoms with Gasteiger partial charge in [-0.05, 0) is 56.0 Å². The Hall–Kier alpha value is -2.09. The van der Waals surface area contributed by atoms with Crippen molar-refractivity contribution in [2.24, 2.45) is 0 Å². The standard InChI is InChI=1S/C19H21NO/c1-13-12-19(2,3)20-17-9-8-14(10-16(13)17)11-18(21)15-6-4-5-7-15/h4-6,8-10,12,20H,7,11H2,1-3H3. The van der Waals surface area contributed by atoms with E-state index in [4.69, 9.17) is 0 Å². The Labute approximate surface area is 126 Å². The van der Waals surface area contributed by atoms with Crippen LogP contribution in [0.3, 0.4) is 0 Å². The van der Waals surface area contributed by atoms with E-state index >= 15 is 0 Å². The van der Waals surface area contributed by atoms with Crippen LogP contribution in [0.4, 0.5) is 5.69 Å². The zero-order valence-corrected chi connectivity index (χ0v) is 12.9. The molecule has 0 radical (unpaired) electrons. The molecule has 1 aliphatic heterocycles. The van der Waals surface area contributed by atoms with E-state index in [9.17, 15) is 4.79 Å². The average Bonchev–Trinajstić information content (AvgIpc) is 2.92. The van der Waals surface area contributed by atoms with Crippen molar-refractivity contribution in [1.82, 2.24) is 0 Å². The molecule has 0 unspecified atom stereocenters. The number of anilines is 1. The van der Waals surface area contributed by atoms with Gasteiger partial charge in [-0.2, -0.15) is 0 Å². The van der Waals surface area contributed by atoms with Crippen LogP contribution >= 0.6 is 0 Å². The van der Waals surface area contributed by atoms with E-state index in [1.807, 2.05) is 18.2 Å². The fourth-order valence-electron chi connectivity index (χ4n) is 3.09. The van der Waals surface area contributed by atoms with Gasteiger partial charge in [0.15, 0.2) is 5.78 Å². The number of nitrogens with one attached hydrogen (secondary N) is 1. The summed E-state index contributed by atoms with van der Waals surface area (Å²) in [7, 11) is 0. The van der Waals surface area contributed by atoms with Crippen LogP contribution < -0.4 is 5.32 Å². The monoisotopic (exact) mass is 279 g/mol. The van der Waals surface area contributed by atoms with E-state index in [0.717, 1.165) is 23.2 Å². The number of ketones is 1. The number of fused-ring (bicyclic) bond motifs is 1. The molecule has 3 rings (SSSR count). The van der Waals surface area contributed by atoms with E-state index in [-0.39, 0.29) is 11.3 Å². The van der Waals surface area contributed by atoms with Gasteiger partial charge in [0.05, 0.1) is 5.54 Å². The number of carbonyl (C=O) groups excluding carboxylic acids is 1. The largest absolute Gasteiger partial charge is 0.376 e. The number of benzene rings is 1. The van der Waals surface area contributed by atoms with Crippen LogP contribution in [-0.4, -0.2) is 11.3 Å². The first kappa shape index (κ1) is 13.9. The zero-order valence-electron chi connectivity index (χ0n) is 12.9. The molecule has 2 nitrogen and oxygen atoms in total. The highest BCUT2D eigenvalue weighted by Gasteiger charge is 2.22. The van der Waals surface area contributed by atoms with Crippen molar-refractivity contribution in [2.45, 2.75) is 39.2 Å². The summed E-state index contributed by atoms with van der Waals surface area (Å²) in [4.78, 5) is 12.2. The molecule has 0 fully saturated rings. The van der Waals surface area contributed by atoms with Gasteiger partial charge in [-0.25, -0.2) is 0 Å². The van der Waals surface area contributed by atoms with Crippen molar-refractivity contribution >= 4 is 17.0 Å². The molecule has 0 saturated heterocycles. The minimum Gasteiger partial charge on any atom is -0.376 e. The molecular weight excluding hydrogens is 258 g/mol. The maximum Gasteiger partial charge on any atom is 0.163 e. The third-order valence-corrected chi connectivity index (χ3v) is 4.04. The Bertz CT molecular complexity index is 690. The van der Waals surface area contributed by atoms with Crippen LogP contribution in [0.2, 0.25) is 0 Å². The van der Waals surface area contributed by atoms with Crippen LogP contribution in [0, 0.1) is 0 Å². The van der Waals surface area contributed by atoms with Crippen molar-refractivity contribution in [2.75, 3.05) is 5.32 Å². The van der Waals surface area contributed by atoms with Gasteiger partial charge in [0.1, 0.15) is 0 Å². The van der Waals surface area contributed by atoms with E-state index in [1.165, 1.54) is 11.1 Å². The molecule has 0 amide bonds. The summed E-state index contributed by atoms with van der Waals surface area (Å²) in [6.45, 7) is 6.46. The Kier molecular flexibility index (Phi) is 3.32. The Morgan fingerprint density at radius 1 is 1.33 bits per heavy atom.